The lowest BCUT2D eigenvalue weighted by Crippen LogP contribution is -2.24. The van der Waals surface area contributed by atoms with Crippen molar-refractivity contribution in [1.29, 1.82) is 0 Å². The first-order chi connectivity index (χ1) is 9.58. The molecule has 2 aromatic rings. The molecule has 6 heteroatoms. The van der Waals surface area contributed by atoms with Crippen molar-refractivity contribution < 1.29 is 4.74 Å². The summed E-state index contributed by atoms with van der Waals surface area (Å²) in [5.74, 6) is 0. The van der Waals surface area contributed by atoms with Gasteiger partial charge in [0.2, 0.25) is 0 Å². The molecule has 0 aliphatic heterocycles. The molecule has 0 aliphatic carbocycles. The van der Waals surface area contributed by atoms with Crippen LogP contribution in [0.1, 0.15) is 18.2 Å². The third kappa shape index (κ3) is 2.73. The maximum absolute atomic E-state index is 12.3. The van der Waals surface area contributed by atoms with Crippen molar-refractivity contribution in [2.45, 2.75) is 26.6 Å². The third-order valence-electron chi connectivity index (χ3n) is 3.18. The van der Waals surface area contributed by atoms with E-state index in [4.69, 9.17) is 22.1 Å². The Labute approximate surface area is 122 Å². The van der Waals surface area contributed by atoms with E-state index in [0.29, 0.717) is 30.4 Å². The number of hydrogen-bond donors (Lipinski definition) is 1. The molecule has 0 atom stereocenters. The van der Waals surface area contributed by atoms with Gasteiger partial charge in [-0.3, -0.25) is 9.48 Å². The van der Waals surface area contributed by atoms with Crippen molar-refractivity contribution in [2.24, 2.45) is 0 Å². The SMILES string of the molecule is CCn1c(COC)c(N)c(=O)n1Cc1cccc(Cl)c1. The number of aromatic nitrogens is 2. The summed E-state index contributed by atoms with van der Waals surface area (Å²) in [4.78, 5) is 12.3. The topological polar surface area (TPSA) is 62.2 Å². The Balaban J connectivity index is 2.46. The molecular formula is C14H18ClN3O2. The zero-order chi connectivity index (χ0) is 14.7. The number of benzene rings is 1. The van der Waals surface area contributed by atoms with Crippen LogP contribution in [-0.4, -0.2) is 16.5 Å². The smallest absolute Gasteiger partial charge is 0.290 e. The fourth-order valence-corrected chi connectivity index (χ4v) is 2.49. The monoisotopic (exact) mass is 295 g/mol. The average molecular weight is 296 g/mol. The van der Waals surface area contributed by atoms with Crippen molar-refractivity contribution in [3.05, 3.63) is 50.9 Å². The highest BCUT2D eigenvalue weighted by atomic mass is 35.5. The number of methoxy groups -OCH3 is 1. The van der Waals surface area contributed by atoms with Gasteiger partial charge in [0, 0.05) is 18.7 Å². The molecule has 0 spiro atoms. The molecule has 0 unspecified atom stereocenters. The number of nitrogen functional groups attached to an aromatic ring is 1. The van der Waals surface area contributed by atoms with Gasteiger partial charge in [-0.15, -0.1) is 0 Å². The van der Waals surface area contributed by atoms with Crippen molar-refractivity contribution in [2.75, 3.05) is 12.8 Å². The van der Waals surface area contributed by atoms with E-state index < -0.39 is 0 Å². The van der Waals surface area contributed by atoms with Crippen LogP contribution in [0.2, 0.25) is 5.02 Å². The first-order valence-corrected chi connectivity index (χ1v) is 6.77. The van der Waals surface area contributed by atoms with Crippen LogP contribution in [0.15, 0.2) is 29.1 Å². The fourth-order valence-electron chi connectivity index (χ4n) is 2.27. The second-order valence-corrected chi connectivity index (χ2v) is 4.94. The maximum atomic E-state index is 12.3. The summed E-state index contributed by atoms with van der Waals surface area (Å²) >= 11 is 5.97. The van der Waals surface area contributed by atoms with E-state index in [1.165, 1.54) is 0 Å². The highest BCUT2D eigenvalue weighted by molar-refractivity contribution is 6.30. The third-order valence-corrected chi connectivity index (χ3v) is 3.42. The minimum absolute atomic E-state index is 0.195. The summed E-state index contributed by atoms with van der Waals surface area (Å²) in [6, 6.07) is 7.43. The number of ether oxygens (including phenoxy) is 1. The molecule has 20 heavy (non-hydrogen) atoms. The van der Waals surface area contributed by atoms with Crippen LogP contribution in [0, 0.1) is 0 Å². The summed E-state index contributed by atoms with van der Waals surface area (Å²) in [5.41, 5.74) is 7.60. The normalized spacial score (nSPS) is 10.9. The number of hydrogen-bond acceptors (Lipinski definition) is 3. The number of anilines is 1. The molecule has 0 amide bonds. The molecule has 1 aromatic heterocycles. The van der Waals surface area contributed by atoms with E-state index in [9.17, 15) is 4.79 Å². The van der Waals surface area contributed by atoms with E-state index in [1.54, 1.807) is 17.9 Å². The second kappa shape index (κ2) is 6.15. The van der Waals surface area contributed by atoms with Gasteiger partial charge in [0.25, 0.3) is 5.56 Å². The molecule has 0 bridgehead atoms. The Morgan fingerprint density at radius 2 is 2.10 bits per heavy atom. The number of nitrogens with two attached hydrogens (primary N) is 1. The summed E-state index contributed by atoms with van der Waals surface area (Å²) in [7, 11) is 1.58. The maximum Gasteiger partial charge on any atom is 0.290 e. The first-order valence-electron chi connectivity index (χ1n) is 6.39. The van der Waals surface area contributed by atoms with Crippen molar-refractivity contribution >= 4 is 17.3 Å². The van der Waals surface area contributed by atoms with E-state index in [-0.39, 0.29) is 11.2 Å². The van der Waals surface area contributed by atoms with Gasteiger partial charge in [-0.2, -0.15) is 0 Å². The van der Waals surface area contributed by atoms with Gasteiger partial charge in [-0.25, -0.2) is 4.68 Å². The van der Waals surface area contributed by atoms with Crippen LogP contribution in [0.4, 0.5) is 5.69 Å². The predicted octanol–water partition coefficient (Wildman–Crippen LogP) is 2.10. The Morgan fingerprint density at radius 3 is 2.70 bits per heavy atom. The Morgan fingerprint density at radius 1 is 1.35 bits per heavy atom. The minimum atomic E-state index is -0.195. The predicted molar refractivity (Wildman–Crippen MR) is 80.0 cm³/mol. The zero-order valence-electron chi connectivity index (χ0n) is 11.6. The highest BCUT2D eigenvalue weighted by Crippen LogP contribution is 2.14. The molecule has 0 radical (unpaired) electrons. The van der Waals surface area contributed by atoms with E-state index in [1.807, 2.05) is 29.8 Å². The fraction of sp³-hybridized carbons (Fsp3) is 0.357. The summed E-state index contributed by atoms with van der Waals surface area (Å²) < 4.78 is 8.58. The van der Waals surface area contributed by atoms with Crippen molar-refractivity contribution in [3.63, 3.8) is 0 Å². The second-order valence-electron chi connectivity index (χ2n) is 4.50. The van der Waals surface area contributed by atoms with Gasteiger partial charge in [0.05, 0.1) is 18.8 Å². The first kappa shape index (κ1) is 14.7. The minimum Gasteiger partial charge on any atom is -0.393 e. The van der Waals surface area contributed by atoms with Crippen molar-refractivity contribution in [1.82, 2.24) is 9.36 Å². The summed E-state index contributed by atoms with van der Waals surface area (Å²) in [5, 5.41) is 0.648. The molecule has 1 heterocycles. The highest BCUT2D eigenvalue weighted by Gasteiger charge is 2.16. The average Bonchev–Trinajstić information content (AvgIpc) is 2.64. The molecule has 0 aliphatic rings. The molecular weight excluding hydrogens is 278 g/mol. The van der Waals surface area contributed by atoms with Crippen LogP contribution < -0.4 is 11.3 Å². The van der Waals surface area contributed by atoms with Crippen LogP contribution >= 0.6 is 11.6 Å². The largest absolute Gasteiger partial charge is 0.393 e. The van der Waals surface area contributed by atoms with Crippen LogP contribution in [0.5, 0.6) is 0 Å². The van der Waals surface area contributed by atoms with Crippen LogP contribution in [0.25, 0.3) is 0 Å². The van der Waals surface area contributed by atoms with Crippen LogP contribution in [-0.2, 0) is 24.4 Å². The van der Waals surface area contributed by atoms with Gasteiger partial charge in [0.15, 0.2) is 0 Å². The number of rotatable bonds is 5. The summed E-state index contributed by atoms with van der Waals surface area (Å²) in [6.07, 6.45) is 0. The lowest BCUT2D eigenvalue weighted by molar-refractivity contribution is 0.175. The molecule has 5 nitrogen and oxygen atoms in total. The standard InChI is InChI=1S/C14H18ClN3O2/c1-3-17-12(9-20-2)13(16)14(19)18(17)8-10-5-4-6-11(15)7-10/h4-7H,3,8-9,16H2,1-2H3. The van der Waals surface area contributed by atoms with E-state index in [2.05, 4.69) is 0 Å². The summed E-state index contributed by atoms with van der Waals surface area (Å²) in [6.45, 7) is 3.36. The van der Waals surface area contributed by atoms with E-state index in [0.717, 1.165) is 5.56 Å². The Kier molecular flexibility index (Phi) is 4.52. The number of nitrogens with zero attached hydrogens (tertiary/aromatic N) is 2. The van der Waals surface area contributed by atoms with Gasteiger partial charge >= 0.3 is 0 Å². The number of halogens is 1. The Hall–Kier alpha value is -1.72. The quantitative estimate of drug-likeness (QED) is 0.919. The van der Waals surface area contributed by atoms with E-state index >= 15 is 0 Å². The lowest BCUT2D eigenvalue weighted by Gasteiger charge is -2.12. The molecule has 0 saturated heterocycles. The molecule has 2 N–H and O–H groups in total. The molecule has 108 valence electrons. The Bertz CT molecular complexity index is 661. The van der Waals surface area contributed by atoms with Gasteiger partial charge < -0.3 is 10.5 Å². The van der Waals surface area contributed by atoms with Gasteiger partial charge in [-0.05, 0) is 24.6 Å². The van der Waals surface area contributed by atoms with Gasteiger partial charge in [0.1, 0.15) is 5.69 Å². The molecule has 2 rings (SSSR count). The molecule has 0 fully saturated rings. The van der Waals surface area contributed by atoms with Crippen molar-refractivity contribution in [3.8, 4) is 0 Å². The zero-order valence-corrected chi connectivity index (χ0v) is 12.4. The lowest BCUT2D eigenvalue weighted by atomic mass is 10.2. The molecule has 0 saturated carbocycles. The van der Waals surface area contributed by atoms with Gasteiger partial charge in [-0.1, -0.05) is 23.7 Å². The molecule has 1 aromatic carbocycles. The van der Waals surface area contributed by atoms with Crippen LogP contribution in [0.3, 0.4) is 0 Å².